The topological polar surface area (TPSA) is 94.0 Å². The van der Waals surface area contributed by atoms with Crippen LogP contribution in [-0.2, 0) is 0 Å². The Morgan fingerprint density at radius 1 is 1.33 bits per heavy atom. The number of aliphatic hydroxyl groups is 1. The maximum atomic E-state index is 12.5. The molecule has 0 bridgehead atoms. The lowest BCUT2D eigenvalue weighted by molar-refractivity contribution is 0.110. The molecule has 0 aliphatic heterocycles. The minimum absolute atomic E-state index is 0.0367. The van der Waals surface area contributed by atoms with Crippen LogP contribution in [0.4, 0.5) is 5.95 Å². The van der Waals surface area contributed by atoms with Gasteiger partial charge in [-0.15, -0.1) is 0 Å². The molecule has 6 nitrogen and oxygen atoms in total. The van der Waals surface area contributed by atoms with Crippen molar-refractivity contribution in [1.82, 2.24) is 14.5 Å². The summed E-state index contributed by atoms with van der Waals surface area (Å²) in [6.07, 6.45) is 2.65. The number of nitrogens with zero attached hydrogens (tertiary/aromatic N) is 3. The largest absolute Gasteiger partial charge is 0.393 e. The number of aromatic nitrogens is 3. The van der Waals surface area contributed by atoms with Crippen LogP contribution in [0.3, 0.4) is 0 Å². The minimum atomic E-state index is -0.267. The average Bonchev–Trinajstić information content (AvgIpc) is 2.43. The van der Waals surface area contributed by atoms with Crippen LogP contribution in [-0.4, -0.2) is 25.7 Å². The number of pyridine rings is 1. The molecule has 0 spiro atoms. The minimum Gasteiger partial charge on any atom is -0.393 e. The van der Waals surface area contributed by atoms with E-state index < -0.39 is 0 Å². The number of fused-ring (bicyclic) bond motifs is 1. The smallest absolute Gasteiger partial charge is 0.266 e. The first kappa shape index (κ1) is 14.5. The van der Waals surface area contributed by atoms with Crippen LogP contribution in [0.25, 0.3) is 11.0 Å². The Morgan fingerprint density at radius 3 is 2.67 bits per heavy atom. The van der Waals surface area contributed by atoms with Gasteiger partial charge >= 0.3 is 0 Å². The summed E-state index contributed by atoms with van der Waals surface area (Å²) in [7, 11) is 0. The molecular formula is C14H17BrN4O2. The maximum absolute atomic E-state index is 12.5. The fraction of sp³-hybridized carbons (Fsp3) is 0.500. The predicted molar refractivity (Wildman–Crippen MR) is 84.2 cm³/mol. The van der Waals surface area contributed by atoms with E-state index in [1.807, 2.05) is 6.92 Å². The van der Waals surface area contributed by atoms with E-state index in [4.69, 9.17) is 5.73 Å². The third-order valence-electron chi connectivity index (χ3n) is 4.09. The van der Waals surface area contributed by atoms with Crippen molar-refractivity contribution >= 4 is 32.9 Å². The zero-order chi connectivity index (χ0) is 15.1. The molecule has 3 rings (SSSR count). The fourth-order valence-electron chi connectivity index (χ4n) is 3.00. The van der Waals surface area contributed by atoms with Gasteiger partial charge in [-0.2, -0.15) is 4.98 Å². The fourth-order valence-corrected chi connectivity index (χ4v) is 3.42. The molecule has 21 heavy (non-hydrogen) atoms. The van der Waals surface area contributed by atoms with Crippen molar-refractivity contribution in [2.45, 2.75) is 44.8 Å². The highest BCUT2D eigenvalue weighted by atomic mass is 79.9. The van der Waals surface area contributed by atoms with E-state index in [1.54, 1.807) is 10.6 Å². The molecular weight excluding hydrogens is 336 g/mol. The summed E-state index contributed by atoms with van der Waals surface area (Å²) in [5, 5.41) is 10.5. The van der Waals surface area contributed by atoms with Gasteiger partial charge < -0.3 is 10.8 Å². The summed E-state index contributed by atoms with van der Waals surface area (Å²) in [4.78, 5) is 21.0. The van der Waals surface area contributed by atoms with Gasteiger partial charge in [0.25, 0.3) is 5.56 Å². The summed E-state index contributed by atoms with van der Waals surface area (Å²) in [6, 6.07) is 1.79. The van der Waals surface area contributed by atoms with Crippen molar-refractivity contribution in [2.75, 3.05) is 5.73 Å². The highest BCUT2D eigenvalue weighted by molar-refractivity contribution is 9.10. The van der Waals surface area contributed by atoms with Crippen molar-refractivity contribution in [2.24, 2.45) is 0 Å². The van der Waals surface area contributed by atoms with Gasteiger partial charge in [0, 0.05) is 11.4 Å². The monoisotopic (exact) mass is 352 g/mol. The molecule has 1 fully saturated rings. The van der Waals surface area contributed by atoms with E-state index in [2.05, 4.69) is 25.9 Å². The van der Waals surface area contributed by atoms with Gasteiger partial charge in [-0.25, -0.2) is 4.98 Å². The maximum Gasteiger partial charge on any atom is 0.266 e. The number of aryl methyl sites for hydroxylation is 1. The second kappa shape index (κ2) is 5.38. The second-order valence-electron chi connectivity index (χ2n) is 5.53. The van der Waals surface area contributed by atoms with Crippen LogP contribution >= 0.6 is 15.9 Å². The van der Waals surface area contributed by atoms with Gasteiger partial charge in [-0.05, 0) is 54.6 Å². The van der Waals surface area contributed by atoms with Crippen molar-refractivity contribution in [3.8, 4) is 0 Å². The Hall–Kier alpha value is -1.47. The Morgan fingerprint density at radius 2 is 2.00 bits per heavy atom. The third kappa shape index (κ3) is 2.55. The SMILES string of the molecule is Cc1nc(N)nc2c1cc(Br)c(=O)n2[C@H]1CC[C@@H](O)CC1. The number of hydrogen-bond donors (Lipinski definition) is 2. The van der Waals surface area contributed by atoms with Gasteiger partial charge in [0.1, 0.15) is 5.65 Å². The molecule has 0 radical (unpaired) electrons. The summed E-state index contributed by atoms with van der Waals surface area (Å²) in [5.74, 6) is 0.173. The number of anilines is 1. The zero-order valence-electron chi connectivity index (χ0n) is 11.7. The first-order valence-electron chi connectivity index (χ1n) is 7.00. The Balaban J connectivity index is 2.24. The van der Waals surface area contributed by atoms with Crippen molar-refractivity contribution in [1.29, 1.82) is 0 Å². The Bertz CT molecular complexity index is 751. The Kier molecular flexibility index (Phi) is 3.71. The van der Waals surface area contributed by atoms with Crippen LogP contribution in [0, 0.1) is 6.92 Å². The summed E-state index contributed by atoms with van der Waals surface area (Å²) >= 11 is 3.33. The van der Waals surface area contributed by atoms with Crippen molar-refractivity contribution < 1.29 is 5.11 Å². The lowest BCUT2D eigenvalue weighted by atomic mass is 9.92. The van der Waals surface area contributed by atoms with E-state index in [0.29, 0.717) is 23.0 Å². The van der Waals surface area contributed by atoms with Gasteiger partial charge in [0.05, 0.1) is 16.3 Å². The number of nitrogen functional groups attached to an aromatic ring is 1. The number of aliphatic hydroxyl groups excluding tert-OH is 1. The van der Waals surface area contributed by atoms with Crippen molar-refractivity contribution in [3.05, 3.63) is 26.6 Å². The van der Waals surface area contributed by atoms with Gasteiger partial charge in [-0.1, -0.05) is 0 Å². The van der Waals surface area contributed by atoms with Crippen LogP contribution in [0.15, 0.2) is 15.3 Å². The van der Waals surface area contributed by atoms with Crippen LogP contribution in [0.1, 0.15) is 37.4 Å². The van der Waals surface area contributed by atoms with E-state index in [-0.39, 0.29) is 23.7 Å². The summed E-state index contributed by atoms with van der Waals surface area (Å²) < 4.78 is 2.20. The molecule has 0 amide bonds. The number of hydrogen-bond acceptors (Lipinski definition) is 5. The lowest BCUT2D eigenvalue weighted by Gasteiger charge is -2.28. The molecule has 2 aromatic heterocycles. The number of halogens is 1. The highest BCUT2D eigenvalue weighted by Gasteiger charge is 2.24. The molecule has 0 saturated heterocycles. The van der Waals surface area contributed by atoms with E-state index in [9.17, 15) is 9.90 Å². The zero-order valence-corrected chi connectivity index (χ0v) is 13.3. The second-order valence-corrected chi connectivity index (χ2v) is 6.39. The number of rotatable bonds is 1. The molecule has 0 unspecified atom stereocenters. The molecule has 0 atom stereocenters. The molecule has 3 N–H and O–H groups in total. The van der Waals surface area contributed by atoms with Gasteiger partial charge in [-0.3, -0.25) is 9.36 Å². The molecule has 1 aliphatic rings. The highest BCUT2D eigenvalue weighted by Crippen LogP contribution is 2.30. The lowest BCUT2D eigenvalue weighted by Crippen LogP contribution is -2.30. The predicted octanol–water partition coefficient (Wildman–Crippen LogP) is 1.92. The molecule has 1 aliphatic carbocycles. The molecule has 2 aromatic rings. The third-order valence-corrected chi connectivity index (χ3v) is 4.66. The summed E-state index contributed by atoms with van der Waals surface area (Å²) in [5.41, 5.74) is 6.97. The molecule has 2 heterocycles. The van der Waals surface area contributed by atoms with E-state index in [1.165, 1.54) is 0 Å². The van der Waals surface area contributed by atoms with Gasteiger partial charge in [0.2, 0.25) is 5.95 Å². The average molecular weight is 353 g/mol. The normalized spacial score (nSPS) is 22.6. The first-order chi connectivity index (χ1) is 9.97. The van der Waals surface area contributed by atoms with E-state index in [0.717, 1.165) is 23.9 Å². The van der Waals surface area contributed by atoms with Crippen LogP contribution < -0.4 is 11.3 Å². The quantitative estimate of drug-likeness (QED) is 0.817. The Labute approximate surface area is 130 Å². The first-order valence-corrected chi connectivity index (χ1v) is 7.79. The van der Waals surface area contributed by atoms with Crippen molar-refractivity contribution in [3.63, 3.8) is 0 Å². The van der Waals surface area contributed by atoms with Crippen LogP contribution in [0.2, 0.25) is 0 Å². The molecule has 7 heteroatoms. The number of nitrogens with two attached hydrogens (primary N) is 1. The molecule has 1 saturated carbocycles. The van der Waals surface area contributed by atoms with Gasteiger partial charge in [0.15, 0.2) is 0 Å². The summed E-state index contributed by atoms with van der Waals surface area (Å²) in [6.45, 7) is 1.85. The van der Waals surface area contributed by atoms with Crippen LogP contribution in [0.5, 0.6) is 0 Å². The van der Waals surface area contributed by atoms with E-state index >= 15 is 0 Å². The molecule has 0 aromatic carbocycles. The standard InChI is InChI=1S/C14H17BrN4O2/c1-7-10-6-11(15)13(21)19(12(10)18-14(16)17-7)8-2-4-9(20)5-3-8/h6,8-9,20H,2-5H2,1H3,(H2,16,17,18)/t8-,9+. The molecule has 112 valence electrons.